The number of hydrogen-bond donors (Lipinski definition) is 0. The van der Waals surface area contributed by atoms with E-state index in [9.17, 15) is 0 Å². The summed E-state index contributed by atoms with van der Waals surface area (Å²) in [5, 5.41) is 9.06. The summed E-state index contributed by atoms with van der Waals surface area (Å²) in [6.45, 7) is 5.55. The minimum Gasteiger partial charge on any atom is -0.477 e. The zero-order valence-corrected chi connectivity index (χ0v) is 11.6. The molecule has 2 rings (SSSR count). The standard InChI is InChI=1S/C15H20N2O2/c1-11(2)14-6-5-12(10-16)15(17-14)19-9-7-13-4-3-8-18-13/h5-6,11,13H,3-4,7-9H2,1-2H3. The first-order chi connectivity index (χ1) is 9.20. The van der Waals surface area contributed by atoms with E-state index in [-0.39, 0.29) is 0 Å². The van der Waals surface area contributed by atoms with Crippen molar-refractivity contribution in [1.82, 2.24) is 4.98 Å². The second kappa shape index (κ2) is 6.53. The molecule has 1 aromatic heterocycles. The van der Waals surface area contributed by atoms with Gasteiger partial charge in [-0.15, -0.1) is 0 Å². The molecule has 1 fully saturated rings. The minimum atomic E-state index is 0.304. The molecule has 0 radical (unpaired) electrons. The molecule has 1 aliphatic heterocycles. The molecule has 1 unspecified atom stereocenters. The molecule has 1 saturated heterocycles. The summed E-state index contributed by atoms with van der Waals surface area (Å²) >= 11 is 0. The lowest BCUT2D eigenvalue weighted by atomic mass is 10.1. The molecule has 4 heteroatoms. The van der Waals surface area contributed by atoms with E-state index in [0.29, 0.717) is 30.1 Å². The van der Waals surface area contributed by atoms with Gasteiger partial charge in [-0.3, -0.25) is 0 Å². The molecule has 1 aromatic rings. The molecule has 0 amide bonds. The second-order valence-electron chi connectivity index (χ2n) is 5.13. The van der Waals surface area contributed by atoms with Gasteiger partial charge in [0.15, 0.2) is 0 Å². The molecular weight excluding hydrogens is 240 g/mol. The van der Waals surface area contributed by atoms with Crippen LogP contribution in [0.4, 0.5) is 0 Å². The van der Waals surface area contributed by atoms with Crippen molar-refractivity contribution >= 4 is 0 Å². The van der Waals surface area contributed by atoms with Crippen molar-refractivity contribution in [3.63, 3.8) is 0 Å². The molecule has 1 atom stereocenters. The van der Waals surface area contributed by atoms with Crippen molar-refractivity contribution in [2.45, 2.75) is 45.1 Å². The molecule has 0 saturated carbocycles. The maximum absolute atomic E-state index is 9.06. The molecule has 4 nitrogen and oxygen atoms in total. The largest absolute Gasteiger partial charge is 0.477 e. The predicted molar refractivity (Wildman–Crippen MR) is 72.1 cm³/mol. The van der Waals surface area contributed by atoms with Crippen LogP contribution in [0.2, 0.25) is 0 Å². The van der Waals surface area contributed by atoms with Crippen molar-refractivity contribution in [3.05, 3.63) is 23.4 Å². The van der Waals surface area contributed by atoms with Crippen LogP contribution in [0.1, 0.15) is 50.3 Å². The molecular formula is C15H20N2O2. The maximum Gasteiger partial charge on any atom is 0.231 e. The first-order valence-corrected chi connectivity index (χ1v) is 6.86. The van der Waals surface area contributed by atoms with E-state index in [1.165, 1.54) is 0 Å². The van der Waals surface area contributed by atoms with E-state index < -0.39 is 0 Å². The highest BCUT2D eigenvalue weighted by Crippen LogP contribution is 2.21. The van der Waals surface area contributed by atoms with Crippen LogP contribution in [0.15, 0.2) is 12.1 Å². The summed E-state index contributed by atoms with van der Waals surface area (Å²) in [5.41, 5.74) is 1.45. The minimum absolute atomic E-state index is 0.304. The topological polar surface area (TPSA) is 55.1 Å². The van der Waals surface area contributed by atoms with Gasteiger partial charge >= 0.3 is 0 Å². The highest BCUT2D eigenvalue weighted by atomic mass is 16.5. The zero-order chi connectivity index (χ0) is 13.7. The third-order valence-electron chi connectivity index (χ3n) is 3.30. The Hall–Kier alpha value is -1.60. The molecule has 0 aromatic carbocycles. The Morgan fingerprint density at radius 2 is 2.37 bits per heavy atom. The SMILES string of the molecule is CC(C)c1ccc(C#N)c(OCCC2CCCO2)n1. The second-order valence-corrected chi connectivity index (χ2v) is 5.13. The smallest absolute Gasteiger partial charge is 0.231 e. The third kappa shape index (κ3) is 3.68. The Balaban J connectivity index is 1.97. The Kier molecular flexibility index (Phi) is 4.75. The first-order valence-electron chi connectivity index (χ1n) is 6.86. The van der Waals surface area contributed by atoms with E-state index in [0.717, 1.165) is 31.6 Å². The lowest BCUT2D eigenvalue weighted by molar-refractivity contribution is 0.0896. The van der Waals surface area contributed by atoms with Gasteiger partial charge in [0, 0.05) is 18.7 Å². The van der Waals surface area contributed by atoms with Crippen LogP contribution in [0.25, 0.3) is 0 Å². The van der Waals surface area contributed by atoms with Crippen LogP contribution < -0.4 is 4.74 Å². The van der Waals surface area contributed by atoms with Crippen LogP contribution >= 0.6 is 0 Å². The molecule has 0 spiro atoms. The van der Waals surface area contributed by atoms with Crippen molar-refractivity contribution < 1.29 is 9.47 Å². The summed E-state index contributed by atoms with van der Waals surface area (Å²) in [7, 11) is 0. The zero-order valence-electron chi connectivity index (χ0n) is 11.6. The quantitative estimate of drug-likeness (QED) is 0.816. The van der Waals surface area contributed by atoms with E-state index in [1.54, 1.807) is 6.07 Å². The molecule has 102 valence electrons. The van der Waals surface area contributed by atoms with E-state index in [2.05, 4.69) is 24.9 Å². The molecule has 0 N–H and O–H groups in total. The number of ether oxygens (including phenoxy) is 2. The van der Waals surface area contributed by atoms with Crippen LogP contribution in [-0.2, 0) is 4.74 Å². The number of aromatic nitrogens is 1. The summed E-state index contributed by atoms with van der Waals surface area (Å²) < 4.78 is 11.2. The highest BCUT2D eigenvalue weighted by Gasteiger charge is 2.16. The predicted octanol–water partition coefficient (Wildman–Crippen LogP) is 3.02. The lowest BCUT2D eigenvalue weighted by Crippen LogP contribution is -2.12. The fourth-order valence-electron chi connectivity index (χ4n) is 2.13. The number of hydrogen-bond acceptors (Lipinski definition) is 4. The van der Waals surface area contributed by atoms with Gasteiger partial charge in [0.1, 0.15) is 11.6 Å². The van der Waals surface area contributed by atoms with Gasteiger partial charge < -0.3 is 9.47 Å². The fraction of sp³-hybridized carbons (Fsp3) is 0.600. The van der Waals surface area contributed by atoms with E-state index in [1.807, 2.05) is 6.07 Å². The third-order valence-corrected chi connectivity index (χ3v) is 3.30. The van der Waals surface area contributed by atoms with E-state index >= 15 is 0 Å². The summed E-state index contributed by atoms with van der Waals surface area (Å²) in [5.74, 6) is 0.778. The summed E-state index contributed by atoms with van der Waals surface area (Å²) in [4.78, 5) is 4.42. The van der Waals surface area contributed by atoms with Crippen molar-refractivity contribution in [2.24, 2.45) is 0 Å². The van der Waals surface area contributed by atoms with Gasteiger partial charge in [-0.2, -0.15) is 5.26 Å². The average molecular weight is 260 g/mol. The number of nitrogens with zero attached hydrogens (tertiary/aromatic N) is 2. The molecule has 1 aliphatic rings. The first kappa shape index (κ1) is 13.8. The molecule has 0 aliphatic carbocycles. The van der Waals surface area contributed by atoms with Crippen molar-refractivity contribution in [3.8, 4) is 11.9 Å². The summed E-state index contributed by atoms with van der Waals surface area (Å²) in [6.07, 6.45) is 3.40. The van der Waals surface area contributed by atoms with Crippen LogP contribution in [0, 0.1) is 11.3 Å². The fourth-order valence-corrected chi connectivity index (χ4v) is 2.13. The molecule has 0 bridgehead atoms. The highest BCUT2D eigenvalue weighted by molar-refractivity contribution is 5.39. The molecule has 2 heterocycles. The Bertz CT molecular complexity index is 460. The number of nitriles is 1. The van der Waals surface area contributed by atoms with E-state index in [4.69, 9.17) is 14.7 Å². The molecule has 19 heavy (non-hydrogen) atoms. The van der Waals surface area contributed by atoms with Gasteiger partial charge in [0.2, 0.25) is 5.88 Å². The maximum atomic E-state index is 9.06. The number of pyridine rings is 1. The van der Waals surface area contributed by atoms with Gasteiger partial charge in [-0.1, -0.05) is 13.8 Å². The van der Waals surface area contributed by atoms with Crippen LogP contribution in [-0.4, -0.2) is 24.3 Å². The Morgan fingerprint density at radius 3 is 3.00 bits per heavy atom. The van der Waals surface area contributed by atoms with Crippen LogP contribution in [0.3, 0.4) is 0 Å². The van der Waals surface area contributed by atoms with Gasteiger partial charge in [0.25, 0.3) is 0 Å². The Labute approximate surface area is 114 Å². The van der Waals surface area contributed by atoms with Crippen molar-refractivity contribution in [2.75, 3.05) is 13.2 Å². The average Bonchev–Trinajstić information content (AvgIpc) is 2.91. The van der Waals surface area contributed by atoms with Crippen LogP contribution in [0.5, 0.6) is 5.88 Å². The lowest BCUT2D eigenvalue weighted by Gasteiger charge is -2.12. The monoisotopic (exact) mass is 260 g/mol. The normalized spacial score (nSPS) is 18.5. The Morgan fingerprint density at radius 1 is 1.53 bits per heavy atom. The number of rotatable bonds is 5. The van der Waals surface area contributed by atoms with Gasteiger partial charge in [-0.05, 0) is 30.9 Å². The van der Waals surface area contributed by atoms with Gasteiger partial charge in [-0.25, -0.2) is 4.98 Å². The van der Waals surface area contributed by atoms with Gasteiger partial charge in [0.05, 0.1) is 12.7 Å². The van der Waals surface area contributed by atoms with Crippen molar-refractivity contribution in [1.29, 1.82) is 5.26 Å². The summed E-state index contributed by atoms with van der Waals surface area (Å²) in [6, 6.07) is 5.79.